The highest BCUT2D eigenvalue weighted by atomic mass is 127. The van der Waals surface area contributed by atoms with E-state index >= 15 is 0 Å². The number of methoxy groups -OCH3 is 1. The molecule has 70 valence electrons. The third-order valence-electron chi connectivity index (χ3n) is 2.36. The summed E-state index contributed by atoms with van der Waals surface area (Å²) in [5, 5.41) is 3.36. The van der Waals surface area contributed by atoms with Crippen LogP contribution in [0.2, 0.25) is 0 Å². The Bertz CT molecular complexity index is 325. The lowest BCUT2D eigenvalue weighted by Crippen LogP contribution is -2.23. The van der Waals surface area contributed by atoms with Gasteiger partial charge < -0.3 is 10.1 Å². The van der Waals surface area contributed by atoms with Gasteiger partial charge in [-0.25, -0.2) is 0 Å². The van der Waals surface area contributed by atoms with Crippen LogP contribution in [0.3, 0.4) is 0 Å². The summed E-state index contributed by atoms with van der Waals surface area (Å²) in [7, 11) is 1.73. The highest BCUT2D eigenvalue weighted by Gasteiger charge is 2.11. The molecule has 0 unspecified atom stereocenters. The standard InChI is InChI=1S/C10H12INO/c1-13-10-5-7-2-3-12-6-8(7)4-9(10)11/h4-5,12H,2-3,6H2,1H3. The van der Waals surface area contributed by atoms with Crippen molar-refractivity contribution < 1.29 is 4.74 Å². The smallest absolute Gasteiger partial charge is 0.132 e. The normalized spacial score (nSPS) is 15.2. The summed E-state index contributed by atoms with van der Waals surface area (Å²) >= 11 is 2.31. The van der Waals surface area contributed by atoms with Crippen molar-refractivity contribution in [3.8, 4) is 5.75 Å². The SMILES string of the molecule is COc1cc2c(cc1I)CNCC2. The molecule has 0 atom stereocenters. The van der Waals surface area contributed by atoms with Crippen molar-refractivity contribution in [2.24, 2.45) is 0 Å². The van der Waals surface area contributed by atoms with E-state index in [4.69, 9.17) is 4.74 Å². The van der Waals surface area contributed by atoms with Gasteiger partial charge >= 0.3 is 0 Å². The molecule has 2 rings (SSSR count). The fourth-order valence-electron chi connectivity index (χ4n) is 1.64. The molecule has 0 radical (unpaired) electrons. The maximum absolute atomic E-state index is 5.28. The molecule has 1 N–H and O–H groups in total. The third-order valence-corrected chi connectivity index (χ3v) is 3.20. The van der Waals surface area contributed by atoms with Crippen molar-refractivity contribution in [3.63, 3.8) is 0 Å². The maximum Gasteiger partial charge on any atom is 0.132 e. The van der Waals surface area contributed by atoms with Crippen LogP contribution < -0.4 is 10.1 Å². The second-order valence-electron chi connectivity index (χ2n) is 3.18. The van der Waals surface area contributed by atoms with Crippen LogP contribution in [0.15, 0.2) is 12.1 Å². The Hall–Kier alpha value is -0.290. The van der Waals surface area contributed by atoms with Crippen LogP contribution in [0.5, 0.6) is 5.75 Å². The fourth-order valence-corrected chi connectivity index (χ4v) is 2.39. The Morgan fingerprint density at radius 3 is 3.00 bits per heavy atom. The van der Waals surface area contributed by atoms with Gasteiger partial charge in [-0.15, -0.1) is 0 Å². The van der Waals surface area contributed by atoms with Crippen molar-refractivity contribution in [2.45, 2.75) is 13.0 Å². The highest BCUT2D eigenvalue weighted by Crippen LogP contribution is 2.26. The Morgan fingerprint density at radius 1 is 1.38 bits per heavy atom. The molecular formula is C10H12INO. The second-order valence-corrected chi connectivity index (χ2v) is 4.34. The lowest BCUT2D eigenvalue weighted by atomic mass is 10.0. The van der Waals surface area contributed by atoms with E-state index in [1.165, 1.54) is 14.7 Å². The highest BCUT2D eigenvalue weighted by molar-refractivity contribution is 14.1. The van der Waals surface area contributed by atoms with Gasteiger partial charge in [0.05, 0.1) is 10.7 Å². The van der Waals surface area contributed by atoms with Crippen LogP contribution in [-0.2, 0) is 13.0 Å². The van der Waals surface area contributed by atoms with Crippen LogP contribution in [0.4, 0.5) is 0 Å². The summed E-state index contributed by atoms with van der Waals surface area (Å²) in [6.07, 6.45) is 1.11. The quantitative estimate of drug-likeness (QED) is 0.798. The van der Waals surface area contributed by atoms with Gasteiger partial charge in [-0.05, 0) is 58.8 Å². The van der Waals surface area contributed by atoms with E-state index in [-0.39, 0.29) is 0 Å². The molecule has 1 aliphatic heterocycles. The summed E-state index contributed by atoms with van der Waals surface area (Å²) in [6.45, 7) is 2.08. The van der Waals surface area contributed by atoms with Gasteiger partial charge in [0, 0.05) is 6.54 Å². The number of ether oxygens (including phenoxy) is 1. The Balaban J connectivity index is 2.44. The van der Waals surface area contributed by atoms with E-state index in [0.717, 1.165) is 25.3 Å². The number of hydrogen-bond acceptors (Lipinski definition) is 2. The molecule has 1 aromatic rings. The van der Waals surface area contributed by atoms with Gasteiger partial charge in [0.2, 0.25) is 0 Å². The zero-order valence-electron chi connectivity index (χ0n) is 7.56. The van der Waals surface area contributed by atoms with Gasteiger partial charge in [0.25, 0.3) is 0 Å². The van der Waals surface area contributed by atoms with Gasteiger partial charge in [-0.2, -0.15) is 0 Å². The monoisotopic (exact) mass is 289 g/mol. The molecule has 1 aliphatic rings. The molecular weight excluding hydrogens is 277 g/mol. The Kier molecular flexibility index (Phi) is 2.74. The molecule has 0 amide bonds. The summed E-state index contributed by atoms with van der Waals surface area (Å²) < 4.78 is 6.48. The van der Waals surface area contributed by atoms with Crippen molar-refractivity contribution >= 4 is 22.6 Å². The van der Waals surface area contributed by atoms with E-state index in [2.05, 4.69) is 40.0 Å². The Morgan fingerprint density at radius 2 is 2.23 bits per heavy atom. The minimum Gasteiger partial charge on any atom is -0.496 e. The minimum atomic E-state index is 0.995. The Labute approximate surface area is 91.8 Å². The number of benzene rings is 1. The molecule has 3 heteroatoms. The topological polar surface area (TPSA) is 21.3 Å². The molecule has 13 heavy (non-hydrogen) atoms. The first-order chi connectivity index (χ1) is 6.31. The third kappa shape index (κ3) is 1.81. The van der Waals surface area contributed by atoms with Gasteiger partial charge in [-0.3, -0.25) is 0 Å². The zero-order valence-corrected chi connectivity index (χ0v) is 9.72. The average Bonchev–Trinajstić information content (AvgIpc) is 2.17. The van der Waals surface area contributed by atoms with Crippen LogP contribution in [0.1, 0.15) is 11.1 Å². The number of fused-ring (bicyclic) bond motifs is 1. The molecule has 0 bridgehead atoms. The van der Waals surface area contributed by atoms with E-state index in [1.807, 2.05) is 0 Å². The number of halogens is 1. The number of hydrogen-bond donors (Lipinski definition) is 1. The first-order valence-corrected chi connectivity index (χ1v) is 5.45. The van der Waals surface area contributed by atoms with Crippen molar-refractivity contribution in [1.82, 2.24) is 5.32 Å². The summed E-state index contributed by atoms with van der Waals surface area (Å²) in [5.41, 5.74) is 2.84. The second kappa shape index (κ2) is 3.84. The van der Waals surface area contributed by atoms with Gasteiger partial charge in [0.1, 0.15) is 5.75 Å². The average molecular weight is 289 g/mol. The zero-order chi connectivity index (χ0) is 9.26. The van der Waals surface area contributed by atoms with Crippen molar-refractivity contribution in [2.75, 3.05) is 13.7 Å². The van der Waals surface area contributed by atoms with Crippen molar-refractivity contribution in [1.29, 1.82) is 0 Å². The molecule has 1 heterocycles. The molecule has 1 aromatic carbocycles. The number of rotatable bonds is 1. The summed E-state index contributed by atoms with van der Waals surface area (Å²) in [4.78, 5) is 0. The van der Waals surface area contributed by atoms with E-state index in [1.54, 1.807) is 7.11 Å². The lowest BCUT2D eigenvalue weighted by Gasteiger charge is -2.18. The first-order valence-electron chi connectivity index (χ1n) is 4.37. The van der Waals surface area contributed by atoms with Gasteiger partial charge in [0.15, 0.2) is 0 Å². The minimum absolute atomic E-state index is 0.995. The maximum atomic E-state index is 5.28. The number of nitrogens with one attached hydrogen (secondary N) is 1. The van der Waals surface area contributed by atoms with Crippen LogP contribution in [0, 0.1) is 3.57 Å². The van der Waals surface area contributed by atoms with E-state index in [9.17, 15) is 0 Å². The predicted molar refractivity (Wildman–Crippen MR) is 61.1 cm³/mol. The molecule has 0 aromatic heterocycles. The van der Waals surface area contributed by atoms with E-state index < -0.39 is 0 Å². The fraction of sp³-hybridized carbons (Fsp3) is 0.400. The van der Waals surface area contributed by atoms with E-state index in [0.29, 0.717) is 0 Å². The molecule has 0 aliphatic carbocycles. The summed E-state index contributed by atoms with van der Waals surface area (Å²) in [5.74, 6) is 1.00. The molecule has 2 nitrogen and oxygen atoms in total. The molecule has 0 saturated carbocycles. The summed E-state index contributed by atoms with van der Waals surface area (Å²) in [6, 6.07) is 4.37. The van der Waals surface area contributed by atoms with Gasteiger partial charge in [-0.1, -0.05) is 0 Å². The van der Waals surface area contributed by atoms with Crippen LogP contribution >= 0.6 is 22.6 Å². The van der Waals surface area contributed by atoms with Crippen LogP contribution in [-0.4, -0.2) is 13.7 Å². The largest absolute Gasteiger partial charge is 0.496 e. The van der Waals surface area contributed by atoms with Crippen LogP contribution in [0.25, 0.3) is 0 Å². The lowest BCUT2D eigenvalue weighted by molar-refractivity contribution is 0.410. The molecule has 0 saturated heterocycles. The molecule has 0 spiro atoms. The molecule has 0 fully saturated rings. The predicted octanol–water partition coefficient (Wildman–Crippen LogP) is 1.95. The first kappa shape index (κ1) is 9.27. The van der Waals surface area contributed by atoms with Crippen molar-refractivity contribution in [3.05, 3.63) is 26.8 Å².